The highest BCUT2D eigenvalue weighted by molar-refractivity contribution is 7.89. The van der Waals surface area contributed by atoms with Crippen LogP contribution in [0, 0.1) is 0 Å². The molecular weight excluding hydrogens is 344 g/mol. The average molecular weight is 363 g/mol. The van der Waals surface area contributed by atoms with Gasteiger partial charge in [0.05, 0.1) is 17.0 Å². The van der Waals surface area contributed by atoms with Gasteiger partial charge >= 0.3 is 5.97 Å². The highest BCUT2D eigenvalue weighted by Crippen LogP contribution is 2.29. The number of esters is 1. The highest BCUT2D eigenvalue weighted by Gasteiger charge is 2.28. The Kier molecular flexibility index (Phi) is 5.85. The third kappa shape index (κ3) is 4.35. The zero-order chi connectivity index (χ0) is 17.0. The zero-order valence-corrected chi connectivity index (χ0v) is 14.6. The molecule has 7 nitrogen and oxygen atoms in total. The normalized spacial score (nSPS) is 17.0. The van der Waals surface area contributed by atoms with Crippen LogP contribution >= 0.6 is 11.6 Å². The molecule has 2 rings (SSSR count). The van der Waals surface area contributed by atoms with Crippen molar-refractivity contribution in [3.05, 3.63) is 23.2 Å². The van der Waals surface area contributed by atoms with Crippen molar-refractivity contribution >= 4 is 27.6 Å². The van der Waals surface area contributed by atoms with Crippen LogP contribution in [0.3, 0.4) is 0 Å². The van der Waals surface area contributed by atoms with E-state index in [2.05, 4.69) is 9.64 Å². The Bertz CT molecular complexity index is 672. The van der Waals surface area contributed by atoms with Crippen molar-refractivity contribution in [1.82, 2.24) is 9.21 Å². The predicted molar refractivity (Wildman–Crippen MR) is 85.2 cm³/mol. The van der Waals surface area contributed by atoms with Gasteiger partial charge in [0.1, 0.15) is 5.75 Å². The molecule has 1 aromatic carbocycles. The van der Waals surface area contributed by atoms with Crippen LogP contribution in [0.2, 0.25) is 5.02 Å². The number of benzene rings is 1. The Labute approximate surface area is 140 Å². The number of hydrogen-bond donors (Lipinski definition) is 0. The van der Waals surface area contributed by atoms with Gasteiger partial charge in [0.25, 0.3) is 0 Å². The Balaban J connectivity index is 2.14. The fraction of sp³-hybridized carbons (Fsp3) is 0.500. The van der Waals surface area contributed by atoms with Gasteiger partial charge < -0.3 is 14.4 Å². The molecule has 0 spiro atoms. The Hall–Kier alpha value is -1.35. The van der Waals surface area contributed by atoms with Gasteiger partial charge in [0.15, 0.2) is 6.61 Å². The first kappa shape index (κ1) is 18.0. The summed E-state index contributed by atoms with van der Waals surface area (Å²) >= 11 is 6.06. The number of halogens is 1. The number of ether oxygens (including phenoxy) is 2. The topological polar surface area (TPSA) is 76.1 Å². The second-order valence-electron chi connectivity index (χ2n) is 5.16. The van der Waals surface area contributed by atoms with E-state index in [1.807, 2.05) is 7.05 Å². The van der Waals surface area contributed by atoms with Crippen LogP contribution in [0.5, 0.6) is 5.75 Å². The smallest absolute Gasteiger partial charge is 0.343 e. The summed E-state index contributed by atoms with van der Waals surface area (Å²) in [6.07, 6.45) is 0. The molecule has 0 bridgehead atoms. The maximum Gasteiger partial charge on any atom is 0.343 e. The van der Waals surface area contributed by atoms with E-state index >= 15 is 0 Å². The lowest BCUT2D eigenvalue weighted by Gasteiger charge is -2.31. The molecular formula is C14H19ClN2O5S. The van der Waals surface area contributed by atoms with E-state index in [4.69, 9.17) is 16.3 Å². The first-order valence-electron chi connectivity index (χ1n) is 7.02. The number of nitrogens with zero attached hydrogens (tertiary/aromatic N) is 2. The minimum absolute atomic E-state index is 0.109. The van der Waals surface area contributed by atoms with Crippen molar-refractivity contribution < 1.29 is 22.7 Å². The summed E-state index contributed by atoms with van der Waals surface area (Å²) < 4.78 is 36.3. The maximum absolute atomic E-state index is 12.6. The van der Waals surface area contributed by atoms with Crippen molar-refractivity contribution in [2.75, 3.05) is 46.9 Å². The van der Waals surface area contributed by atoms with Crippen molar-refractivity contribution in [3.8, 4) is 5.75 Å². The van der Waals surface area contributed by atoms with Crippen LogP contribution in [0.4, 0.5) is 0 Å². The fourth-order valence-corrected chi connectivity index (χ4v) is 3.88. The van der Waals surface area contributed by atoms with Gasteiger partial charge in [-0.1, -0.05) is 11.6 Å². The zero-order valence-electron chi connectivity index (χ0n) is 13.0. The molecule has 1 heterocycles. The first-order chi connectivity index (χ1) is 10.8. The van der Waals surface area contributed by atoms with Gasteiger partial charge in [-0.05, 0) is 25.2 Å². The van der Waals surface area contributed by atoms with E-state index in [1.165, 1.54) is 29.6 Å². The third-order valence-corrected chi connectivity index (χ3v) is 5.77. The lowest BCUT2D eigenvalue weighted by atomic mass is 10.3. The molecule has 1 aliphatic rings. The molecule has 23 heavy (non-hydrogen) atoms. The largest absolute Gasteiger partial charge is 0.480 e. The number of carbonyl (C=O) groups is 1. The van der Waals surface area contributed by atoms with Crippen LogP contribution in [0.25, 0.3) is 0 Å². The summed E-state index contributed by atoms with van der Waals surface area (Å²) in [5.41, 5.74) is 0. The van der Waals surface area contributed by atoms with Gasteiger partial charge in [-0.3, -0.25) is 0 Å². The first-order valence-corrected chi connectivity index (χ1v) is 8.84. The molecule has 0 amide bonds. The summed E-state index contributed by atoms with van der Waals surface area (Å²) in [7, 11) is -0.384. The molecule has 0 radical (unpaired) electrons. The van der Waals surface area contributed by atoms with Gasteiger partial charge in [-0.15, -0.1) is 0 Å². The van der Waals surface area contributed by atoms with E-state index in [0.29, 0.717) is 26.2 Å². The van der Waals surface area contributed by atoms with E-state index in [-0.39, 0.29) is 22.3 Å². The molecule has 0 aliphatic carbocycles. The van der Waals surface area contributed by atoms with E-state index < -0.39 is 16.0 Å². The van der Waals surface area contributed by atoms with Crippen LogP contribution in [-0.2, 0) is 19.6 Å². The Morgan fingerprint density at radius 1 is 1.26 bits per heavy atom. The van der Waals surface area contributed by atoms with Crippen molar-refractivity contribution in [2.24, 2.45) is 0 Å². The third-order valence-electron chi connectivity index (χ3n) is 3.58. The molecule has 0 aromatic heterocycles. The van der Waals surface area contributed by atoms with E-state index in [9.17, 15) is 13.2 Å². The molecule has 0 N–H and O–H groups in total. The number of hydrogen-bond acceptors (Lipinski definition) is 6. The number of methoxy groups -OCH3 is 1. The van der Waals surface area contributed by atoms with Gasteiger partial charge in [-0.25, -0.2) is 13.2 Å². The van der Waals surface area contributed by atoms with Crippen LogP contribution in [0.15, 0.2) is 23.1 Å². The molecule has 1 saturated heterocycles. The summed E-state index contributed by atoms with van der Waals surface area (Å²) in [6, 6.07) is 4.20. The highest BCUT2D eigenvalue weighted by atomic mass is 35.5. The minimum Gasteiger partial charge on any atom is -0.480 e. The SMILES string of the molecule is COC(=O)COc1ccc(S(=O)(=O)N2CCN(C)CC2)cc1Cl. The fourth-order valence-electron chi connectivity index (χ4n) is 2.13. The lowest BCUT2D eigenvalue weighted by molar-refractivity contribution is -0.142. The summed E-state index contributed by atoms with van der Waals surface area (Å²) in [5.74, 6) is -0.315. The monoisotopic (exact) mass is 362 g/mol. The van der Waals surface area contributed by atoms with Gasteiger partial charge in [-0.2, -0.15) is 4.31 Å². The standard InChI is InChI=1S/C14H19ClN2O5S/c1-16-5-7-17(8-6-16)23(19,20)11-3-4-13(12(15)9-11)22-10-14(18)21-2/h3-4,9H,5-8,10H2,1-2H3. The number of rotatable bonds is 5. The van der Waals surface area contributed by atoms with E-state index in [1.54, 1.807) is 0 Å². The number of piperazine rings is 1. The van der Waals surface area contributed by atoms with E-state index in [0.717, 1.165) is 0 Å². The molecule has 1 aliphatic heterocycles. The minimum atomic E-state index is -3.59. The maximum atomic E-state index is 12.6. The number of sulfonamides is 1. The summed E-state index contributed by atoms with van der Waals surface area (Å²) in [4.78, 5) is 13.2. The summed E-state index contributed by atoms with van der Waals surface area (Å²) in [6.45, 7) is 1.97. The molecule has 1 fully saturated rings. The molecule has 0 atom stereocenters. The lowest BCUT2D eigenvalue weighted by Crippen LogP contribution is -2.47. The Morgan fingerprint density at radius 3 is 2.48 bits per heavy atom. The predicted octanol–water partition coefficient (Wildman–Crippen LogP) is 0.828. The van der Waals surface area contributed by atoms with Crippen molar-refractivity contribution in [2.45, 2.75) is 4.90 Å². The quantitative estimate of drug-likeness (QED) is 0.722. The van der Waals surface area contributed by atoms with Crippen LogP contribution < -0.4 is 4.74 Å². The molecule has 1 aromatic rings. The second-order valence-corrected chi connectivity index (χ2v) is 7.51. The average Bonchev–Trinajstić information content (AvgIpc) is 2.53. The number of likely N-dealkylation sites (N-methyl/N-ethyl adjacent to an activating group) is 1. The van der Waals surface area contributed by atoms with Crippen LogP contribution in [-0.4, -0.2) is 70.5 Å². The van der Waals surface area contributed by atoms with Gasteiger partial charge in [0, 0.05) is 26.2 Å². The Morgan fingerprint density at radius 2 is 1.91 bits per heavy atom. The number of carbonyl (C=O) groups excluding carboxylic acids is 1. The van der Waals surface area contributed by atoms with Crippen molar-refractivity contribution in [3.63, 3.8) is 0 Å². The molecule has 0 unspecified atom stereocenters. The second kappa shape index (κ2) is 7.48. The van der Waals surface area contributed by atoms with Gasteiger partial charge in [0.2, 0.25) is 10.0 Å². The molecule has 9 heteroatoms. The molecule has 0 saturated carbocycles. The summed E-state index contributed by atoms with van der Waals surface area (Å²) in [5, 5.41) is 0.129. The molecule has 128 valence electrons. The van der Waals surface area contributed by atoms with Crippen molar-refractivity contribution in [1.29, 1.82) is 0 Å². The van der Waals surface area contributed by atoms with Crippen LogP contribution in [0.1, 0.15) is 0 Å².